The normalized spacial score (nSPS) is 14.4. The van der Waals surface area contributed by atoms with E-state index in [1.807, 2.05) is 0 Å². The van der Waals surface area contributed by atoms with Crippen LogP contribution < -0.4 is 5.73 Å². The van der Waals surface area contributed by atoms with Crippen LogP contribution >= 0.6 is 0 Å². The minimum atomic E-state index is 0.222. The molecule has 128 valence electrons. The summed E-state index contributed by atoms with van der Waals surface area (Å²) in [5, 5.41) is 0. The van der Waals surface area contributed by atoms with Crippen LogP contribution in [0.5, 0.6) is 0 Å². The predicted octanol–water partition coefficient (Wildman–Crippen LogP) is 6.43. The largest absolute Gasteiger partial charge is 0.398 e. The van der Waals surface area contributed by atoms with Gasteiger partial charge in [-0.1, -0.05) is 58.9 Å². The first-order chi connectivity index (χ1) is 11.4. The zero-order valence-corrected chi connectivity index (χ0v) is 15.9. The van der Waals surface area contributed by atoms with Crippen LogP contribution in [0.25, 0.3) is 11.1 Å². The second kappa shape index (κ2) is 6.27. The summed E-state index contributed by atoms with van der Waals surface area (Å²) in [5.41, 5.74) is 16.0. The molecular formula is C23H31N. The summed E-state index contributed by atoms with van der Waals surface area (Å²) >= 11 is 0. The summed E-state index contributed by atoms with van der Waals surface area (Å²) < 4.78 is 0. The third-order valence-corrected chi connectivity index (χ3v) is 6.47. The third kappa shape index (κ3) is 2.64. The molecule has 1 heteroatoms. The molecule has 0 spiro atoms. The van der Waals surface area contributed by atoms with Gasteiger partial charge in [-0.25, -0.2) is 0 Å². The Hall–Kier alpha value is -1.76. The summed E-state index contributed by atoms with van der Waals surface area (Å²) in [6.45, 7) is 11.5. The molecule has 0 saturated carbocycles. The Morgan fingerprint density at radius 1 is 1.04 bits per heavy atom. The van der Waals surface area contributed by atoms with Crippen molar-refractivity contribution in [3.8, 4) is 11.1 Å². The zero-order chi connectivity index (χ0) is 17.5. The first-order valence-electron chi connectivity index (χ1n) is 9.49. The monoisotopic (exact) mass is 321 g/mol. The minimum absolute atomic E-state index is 0.222. The van der Waals surface area contributed by atoms with Gasteiger partial charge in [0, 0.05) is 11.3 Å². The fraction of sp³-hybridized carbons (Fsp3) is 0.478. The van der Waals surface area contributed by atoms with Crippen LogP contribution in [0.1, 0.15) is 82.1 Å². The number of hydrogen-bond acceptors (Lipinski definition) is 1. The molecule has 2 aromatic carbocycles. The highest BCUT2D eigenvalue weighted by Crippen LogP contribution is 2.44. The molecule has 1 atom stereocenters. The highest BCUT2D eigenvalue weighted by molar-refractivity contribution is 5.86. The Morgan fingerprint density at radius 3 is 2.38 bits per heavy atom. The maximum absolute atomic E-state index is 6.52. The molecule has 3 rings (SSSR count). The first-order valence-corrected chi connectivity index (χ1v) is 9.49. The molecule has 24 heavy (non-hydrogen) atoms. The number of anilines is 1. The van der Waals surface area contributed by atoms with Crippen molar-refractivity contribution in [1.82, 2.24) is 0 Å². The fourth-order valence-electron chi connectivity index (χ4n) is 3.95. The summed E-state index contributed by atoms with van der Waals surface area (Å²) in [6.07, 6.45) is 4.50. The van der Waals surface area contributed by atoms with E-state index in [9.17, 15) is 0 Å². The Kier molecular flexibility index (Phi) is 4.46. The maximum Gasteiger partial charge on any atom is 0.0399 e. The molecule has 2 aromatic rings. The van der Waals surface area contributed by atoms with Crippen LogP contribution in [0.2, 0.25) is 0 Å². The first kappa shape index (κ1) is 17.1. The molecule has 0 aliphatic heterocycles. The van der Waals surface area contributed by atoms with E-state index in [4.69, 9.17) is 5.73 Å². The number of fused-ring (bicyclic) bond motifs is 3. The molecule has 0 amide bonds. The number of nitrogens with two attached hydrogens (primary N) is 1. The van der Waals surface area contributed by atoms with Gasteiger partial charge in [-0.15, -0.1) is 0 Å². The smallest absolute Gasteiger partial charge is 0.0399 e. The number of hydrogen-bond donors (Lipinski definition) is 1. The van der Waals surface area contributed by atoms with Crippen LogP contribution in [0.15, 0.2) is 30.3 Å². The van der Waals surface area contributed by atoms with Crippen molar-refractivity contribution in [1.29, 1.82) is 0 Å². The lowest BCUT2D eigenvalue weighted by atomic mass is 9.76. The molecular weight excluding hydrogens is 290 g/mol. The lowest BCUT2D eigenvalue weighted by Crippen LogP contribution is -2.20. The number of nitrogen functional groups attached to an aromatic ring is 1. The Morgan fingerprint density at radius 2 is 1.75 bits per heavy atom. The predicted molar refractivity (Wildman–Crippen MR) is 106 cm³/mol. The van der Waals surface area contributed by atoms with E-state index >= 15 is 0 Å². The van der Waals surface area contributed by atoms with Gasteiger partial charge in [-0.3, -0.25) is 0 Å². The van der Waals surface area contributed by atoms with Crippen LogP contribution in [0.3, 0.4) is 0 Å². The molecule has 0 saturated heterocycles. The van der Waals surface area contributed by atoms with E-state index in [1.165, 1.54) is 39.8 Å². The van der Waals surface area contributed by atoms with Gasteiger partial charge in [0.1, 0.15) is 0 Å². The van der Waals surface area contributed by atoms with Crippen molar-refractivity contribution in [2.24, 2.45) is 0 Å². The van der Waals surface area contributed by atoms with Gasteiger partial charge in [0.05, 0.1) is 0 Å². The Labute approximate surface area is 147 Å². The van der Waals surface area contributed by atoms with E-state index in [-0.39, 0.29) is 5.41 Å². The molecule has 0 bridgehead atoms. The van der Waals surface area contributed by atoms with Gasteiger partial charge in [-0.05, 0) is 70.9 Å². The van der Waals surface area contributed by atoms with Gasteiger partial charge < -0.3 is 5.73 Å². The standard InChI is InChI=1S/C23H31N/c1-6-15(4)16-9-10-20-17(11-16)12-18-13-19(14-21(24)22(18)20)23(5,7-2)8-3/h9-11,13-15H,6-8,12,24H2,1-5H3. The molecule has 1 aliphatic rings. The molecule has 0 radical (unpaired) electrons. The van der Waals surface area contributed by atoms with Crippen molar-refractivity contribution in [2.75, 3.05) is 5.73 Å². The number of benzene rings is 2. The van der Waals surface area contributed by atoms with Gasteiger partial charge in [0.25, 0.3) is 0 Å². The molecule has 1 nitrogen and oxygen atoms in total. The quantitative estimate of drug-likeness (QED) is 0.538. The van der Waals surface area contributed by atoms with Gasteiger partial charge in [0.2, 0.25) is 0 Å². The van der Waals surface area contributed by atoms with Crippen LogP contribution in [0.4, 0.5) is 5.69 Å². The van der Waals surface area contributed by atoms with Crippen molar-refractivity contribution >= 4 is 5.69 Å². The fourth-order valence-corrected chi connectivity index (χ4v) is 3.95. The van der Waals surface area contributed by atoms with Crippen LogP contribution in [-0.4, -0.2) is 0 Å². The average Bonchev–Trinajstić information content (AvgIpc) is 2.98. The SMILES string of the molecule is CCC(C)c1ccc2c(c1)Cc1cc(C(C)(CC)CC)cc(N)c1-2. The third-order valence-electron chi connectivity index (χ3n) is 6.47. The summed E-state index contributed by atoms with van der Waals surface area (Å²) in [5.74, 6) is 0.621. The van der Waals surface area contributed by atoms with Crippen molar-refractivity contribution in [3.63, 3.8) is 0 Å². The second-order valence-corrected chi connectivity index (χ2v) is 7.77. The highest BCUT2D eigenvalue weighted by Gasteiger charge is 2.28. The summed E-state index contributed by atoms with van der Waals surface area (Å²) in [4.78, 5) is 0. The van der Waals surface area contributed by atoms with Gasteiger partial charge in [-0.2, -0.15) is 0 Å². The Bertz CT molecular complexity index is 753. The summed E-state index contributed by atoms with van der Waals surface area (Å²) in [6, 6.07) is 11.6. The maximum atomic E-state index is 6.52. The van der Waals surface area contributed by atoms with Crippen LogP contribution in [0, 0.1) is 0 Å². The van der Waals surface area contributed by atoms with Crippen molar-refractivity contribution in [2.45, 2.75) is 71.6 Å². The molecule has 1 unspecified atom stereocenters. The van der Waals surface area contributed by atoms with Gasteiger partial charge >= 0.3 is 0 Å². The molecule has 2 N–H and O–H groups in total. The average molecular weight is 322 g/mol. The number of rotatable bonds is 5. The summed E-state index contributed by atoms with van der Waals surface area (Å²) in [7, 11) is 0. The Balaban J connectivity index is 2.07. The molecule has 0 heterocycles. The van der Waals surface area contributed by atoms with Crippen molar-refractivity contribution in [3.05, 3.63) is 52.6 Å². The zero-order valence-electron chi connectivity index (χ0n) is 15.9. The van der Waals surface area contributed by atoms with Crippen LogP contribution in [-0.2, 0) is 11.8 Å². The highest BCUT2D eigenvalue weighted by atomic mass is 14.6. The second-order valence-electron chi connectivity index (χ2n) is 7.77. The van der Waals surface area contributed by atoms with E-state index in [0.717, 1.165) is 24.9 Å². The van der Waals surface area contributed by atoms with E-state index in [0.29, 0.717) is 5.92 Å². The lowest BCUT2D eigenvalue weighted by molar-refractivity contribution is 0.439. The van der Waals surface area contributed by atoms with E-state index in [2.05, 4.69) is 65.0 Å². The molecule has 0 aromatic heterocycles. The van der Waals surface area contributed by atoms with Gasteiger partial charge in [0.15, 0.2) is 0 Å². The lowest BCUT2D eigenvalue weighted by Gasteiger charge is -2.28. The topological polar surface area (TPSA) is 26.0 Å². The minimum Gasteiger partial charge on any atom is -0.398 e. The van der Waals surface area contributed by atoms with E-state index < -0.39 is 0 Å². The molecule has 1 aliphatic carbocycles. The molecule has 0 fully saturated rings. The van der Waals surface area contributed by atoms with E-state index in [1.54, 1.807) is 0 Å². The van der Waals surface area contributed by atoms with Crippen molar-refractivity contribution < 1.29 is 0 Å².